The first-order chi connectivity index (χ1) is 11.9. The predicted molar refractivity (Wildman–Crippen MR) is 93.8 cm³/mol. The van der Waals surface area contributed by atoms with Crippen LogP contribution >= 0.6 is 0 Å². The van der Waals surface area contributed by atoms with E-state index >= 15 is 0 Å². The first-order valence-corrected chi connectivity index (χ1v) is 9.07. The average Bonchev–Trinajstić information content (AvgIpc) is 2.99. The van der Waals surface area contributed by atoms with E-state index in [1.807, 2.05) is 24.3 Å². The molecule has 0 bridgehead atoms. The van der Waals surface area contributed by atoms with Gasteiger partial charge >= 0.3 is 11.9 Å². The highest BCUT2D eigenvalue weighted by atomic mass is 16.7. The van der Waals surface area contributed by atoms with E-state index in [2.05, 4.69) is 0 Å². The average molecular weight is 348 g/mol. The topological polar surface area (TPSA) is 72.8 Å². The molecule has 25 heavy (non-hydrogen) atoms. The van der Waals surface area contributed by atoms with Crippen LogP contribution in [0.2, 0.25) is 0 Å². The van der Waals surface area contributed by atoms with Crippen LogP contribution in [-0.2, 0) is 25.5 Å². The number of esters is 2. The molecule has 138 valence electrons. The molecule has 1 aliphatic rings. The second-order valence-corrected chi connectivity index (χ2v) is 6.77. The van der Waals surface area contributed by atoms with Gasteiger partial charge in [-0.25, -0.2) is 0 Å². The van der Waals surface area contributed by atoms with E-state index < -0.39 is 24.1 Å². The Kier molecular flexibility index (Phi) is 7.00. The predicted octanol–water partition coefficient (Wildman–Crippen LogP) is 3.34. The quantitative estimate of drug-likeness (QED) is 0.604. The fourth-order valence-electron chi connectivity index (χ4n) is 3.19. The lowest BCUT2D eigenvalue weighted by atomic mass is 9.93. The zero-order chi connectivity index (χ0) is 18.4. The molecule has 2 rings (SSSR count). The number of ether oxygens (including phenoxy) is 2. The van der Waals surface area contributed by atoms with Crippen LogP contribution in [0.4, 0.5) is 0 Å². The van der Waals surface area contributed by atoms with Crippen LogP contribution in [0.1, 0.15) is 63.5 Å². The molecule has 0 saturated heterocycles. The summed E-state index contributed by atoms with van der Waals surface area (Å²) >= 11 is 0. The molecule has 5 heteroatoms. The Balaban J connectivity index is 1.89. The van der Waals surface area contributed by atoms with Crippen LogP contribution in [-0.4, -0.2) is 29.4 Å². The summed E-state index contributed by atoms with van der Waals surface area (Å²) in [6.45, 7) is 4.99. The van der Waals surface area contributed by atoms with Crippen molar-refractivity contribution in [1.82, 2.24) is 0 Å². The molecule has 1 N–H and O–H groups in total. The fraction of sp³-hybridized carbons (Fsp3) is 0.600. The lowest BCUT2D eigenvalue weighted by Crippen LogP contribution is -2.24. The Morgan fingerprint density at radius 3 is 2.40 bits per heavy atom. The van der Waals surface area contributed by atoms with E-state index in [1.54, 1.807) is 13.8 Å². The maximum Gasteiger partial charge on any atom is 0.316 e. The SMILES string of the molecule is CCC(=O)OC(C)OC(=O)[C@@H](C)c1ccc(C[C@H]2CCC[C@@H]2O)cc1. The van der Waals surface area contributed by atoms with Crippen LogP contribution in [0.3, 0.4) is 0 Å². The maximum atomic E-state index is 12.2. The molecular formula is C20H28O5. The molecule has 4 atom stereocenters. The second kappa shape index (κ2) is 8.99. The summed E-state index contributed by atoms with van der Waals surface area (Å²) in [6, 6.07) is 7.85. The number of carbonyl (C=O) groups is 2. The van der Waals surface area contributed by atoms with Gasteiger partial charge in [-0.15, -0.1) is 0 Å². The van der Waals surface area contributed by atoms with Crippen LogP contribution in [0.15, 0.2) is 24.3 Å². The smallest absolute Gasteiger partial charge is 0.316 e. The Hall–Kier alpha value is -1.88. The molecular weight excluding hydrogens is 320 g/mol. The lowest BCUT2D eigenvalue weighted by molar-refractivity contribution is -0.185. The van der Waals surface area contributed by atoms with E-state index in [9.17, 15) is 14.7 Å². The van der Waals surface area contributed by atoms with Crippen LogP contribution in [0, 0.1) is 5.92 Å². The van der Waals surface area contributed by atoms with Crippen molar-refractivity contribution < 1.29 is 24.2 Å². The molecule has 1 aromatic carbocycles. The van der Waals surface area contributed by atoms with Crippen LogP contribution in [0.25, 0.3) is 0 Å². The normalized spacial score (nSPS) is 22.2. The van der Waals surface area contributed by atoms with Crippen LogP contribution < -0.4 is 0 Å². The summed E-state index contributed by atoms with van der Waals surface area (Å²) in [6.07, 6.45) is 3.09. The third-order valence-corrected chi connectivity index (χ3v) is 4.82. The Morgan fingerprint density at radius 2 is 1.84 bits per heavy atom. The fourth-order valence-corrected chi connectivity index (χ4v) is 3.19. The summed E-state index contributed by atoms with van der Waals surface area (Å²) < 4.78 is 10.1. The van der Waals surface area contributed by atoms with Crippen LogP contribution in [0.5, 0.6) is 0 Å². The van der Waals surface area contributed by atoms with E-state index in [0.29, 0.717) is 5.92 Å². The van der Waals surface area contributed by atoms with Gasteiger partial charge in [-0.2, -0.15) is 0 Å². The number of hydrogen-bond acceptors (Lipinski definition) is 5. The van der Waals surface area contributed by atoms with Crippen molar-refractivity contribution >= 4 is 11.9 Å². The molecule has 1 aliphatic carbocycles. The first kappa shape index (κ1) is 19.4. The molecule has 1 unspecified atom stereocenters. The number of hydrogen-bond donors (Lipinski definition) is 1. The van der Waals surface area contributed by atoms with Gasteiger partial charge in [-0.3, -0.25) is 9.59 Å². The van der Waals surface area contributed by atoms with Gasteiger partial charge in [0.25, 0.3) is 0 Å². The number of benzene rings is 1. The molecule has 0 aliphatic heterocycles. The second-order valence-electron chi connectivity index (χ2n) is 6.77. The Bertz CT molecular complexity index is 580. The molecule has 1 fully saturated rings. The summed E-state index contributed by atoms with van der Waals surface area (Å²) in [5.41, 5.74) is 2.02. The number of aliphatic hydroxyl groups is 1. The summed E-state index contributed by atoms with van der Waals surface area (Å²) in [7, 11) is 0. The van der Waals surface area contributed by atoms with Crippen molar-refractivity contribution in [3.63, 3.8) is 0 Å². The Labute approximate surface area is 149 Å². The van der Waals surface area contributed by atoms with E-state index in [1.165, 1.54) is 12.5 Å². The molecule has 1 saturated carbocycles. The van der Waals surface area contributed by atoms with E-state index in [4.69, 9.17) is 9.47 Å². The Morgan fingerprint density at radius 1 is 1.16 bits per heavy atom. The molecule has 0 spiro atoms. The van der Waals surface area contributed by atoms with Gasteiger partial charge in [-0.1, -0.05) is 37.6 Å². The van der Waals surface area contributed by atoms with Gasteiger partial charge in [0.1, 0.15) is 0 Å². The zero-order valence-electron chi connectivity index (χ0n) is 15.2. The zero-order valence-corrected chi connectivity index (χ0v) is 15.2. The van der Waals surface area contributed by atoms with Gasteiger partial charge in [0.2, 0.25) is 6.29 Å². The van der Waals surface area contributed by atoms with Gasteiger partial charge in [0, 0.05) is 13.3 Å². The van der Waals surface area contributed by atoms with Crippen molar-refractivity contribution in [3.05, 3.63) is 35.4 Å². The number of aliphatic hydroxyl groups excluding tert-OH is 1. The van der Waals surface area contributed by atoms with E-state index in [0.717, 1.165) is 31.2 Å². The lowest BCUT2D eigenvalue weighted by Gasteiger charge is -2.18. The molecule has 0 radical (unpaired) electrons. The van der Waals surface area contributed by atoms with E-state index in [-0.39, 0.29) is 12.5 Å². The van der Waals surface area contributed by atoms with Crippen molar-refractivity contribution in [2.75, 3.05) is 0 Å². The number of carbonyl (C=O) groups excluding carboxylic acids is 2. The highest BCUT2D eigenvalue weighted by Crippen LogP contribution is 2.29. The number of rotatable bonds is 7. The van der Waals surface area contributed by atoms with Crippen molar-refractivity contribution in [3.8, 4) is 0 Å². The minimum Gasteiger partial charge on any atom is -0.425 e. The largest absolute Gasteiger partial charge is 0.425 e. The van der Waals surface area contributed by atoms with Gasteiger partial charge < -0.3 is 14.6 Å². The van der Waals surface area contributed by atoms with Gasteiger partial charge in [-0.05, 0) is 43.2 Å². The third-order valence-electron chi connectivity index (χ3n) is 4.82. The summed E-state index contributed by atoms with van der Waals surface area (Å²) in [4.78, 5) is 23.4. The monoisotopic (exact) mass is 348 g/mol. The molecule has 0 aromatic heterocycles. The highest BCUT2D eigenvalue weighted by Gasteiger charge is 2.25. The third kappa shape index (κ3) is 5.56. The minimum atomic E-state index is -0.884. The van der Waals surface area contributed by atoms with Crippen molar-refractivity contribution in [2.24, 2.45) is 5.92 Å². The van der Waals surface area contributed by atoms with Gasteiger partial charge in [0.05, 0.1) is 12.0 Å². The molecule has 5 nitrogen and oxygen atoms in total. The summed E-state index contributed by atoms with van der Waals surface area (Å²) in [5.74, 6) is -0.919. The van der Waals surface area contributed by atoms with Crippen molar-refractivity contribution in [2.45, 2.75) is 71.2 Å². The highest BCUT2D eigenvalue weighted by molar-refractivity contribution is 5.78. The minimum absolute atomic E-state index is 0.194. The maximum absolute atomic E-state index is 12.2. The van der Waals surface area contributed by atoms with Gasteiger partial charge in [0.15, 0.2) is 0 Å². The summed E-state index contributed by atoms with van der Waals surface area (Å²) in [5, 5.41) is 9.93. The first-order valence-electron chi connectivity index (χ1n) is 9.07. The van der Waals surface area contributed by atoms with Crippen molar-refractivity contribution in [1.29, 1.82) is 0 Å². The standard InChI is InChI=1S/C20H28O5/c1-4-19(22)24-14(3)25-20(23)13(2)16-10-8-15(9-11-16)12-17-6-5-7-18(17)21/h8-11,13-14,17-18,21H,4-7,12H2,1-3H3/t13-,14?,17+,18-/m0/s1. The molecule has 0 amide bonds. The molecule has 0 heterocycles. The molecule has 1 aromatic rings.